The molecule has 2 aliphatic heterocycles. The fourth-order valence-corrected chi connectivity index (χ4v) is 6.18. The number of hydrogen-bond acceptors (Lipinski definition) is 9. The summed E-state index contributed by atoms with van der Waals surface area (Å²) in [7, 11) is 3.68. The fraction of sp³-hybridized carbons (Fsp3) is 0.393. The van der Waals surface area contributed by atoms with E-state index in [0.29, 0.717) is 11.8 Å². The molecule has 0 bridgehead atoms. The number of methoxy groups -OCH3 is 1. The number of nitrogens with zero attached hydrogens (tertiary/aromatic N) is 5. The van der Waals surface area contributed by atoms with Crippen LogP contribution in [-0.4, -0.2) is 87.7 Å². The summed E-state index contributed by atoms with van der Waals surface area (Å²) in [5, 5.41) is 14.9. The van der Waals surface area contributed by atoms with E-state index < -0.39 is 0 Å². The molecular formula is C28H35N7O2S2. The molecule has 0 aliphatic carbocycles. The number of H-pyrrole nitrogens is 1. The van der Waals surface area contributed by atoms with Gasteiger partial charge in [0.2, 0.25) is 0 Å². The molecule has 2 aliphatic rings. The van der Waals surface area contributed by atoms with Gasteiger partial charge in [-0.1, -0.05) is 12.2 Å². The number of phenolic OH excluding ortho intramolecular Hbond substituents is 1. The quantitative estimate of drug-likeness (QED) is 0.216. The van der Waals surface area contributed by atoms with Gasteiger partial charge in [-0.25, -0.2) is 14.3 Å². The Labute approximate surface area is 238 Å². The minimum atomic E-state index is 0.112. The molecule has 2 saturated heterocycles. The van der Waals surface area contributed by atoms with Crippen LogP contribution in [0, 0.1) is 0 Å². The van der Waals surface area contributed by atoms with Gasteiger partial charge in [0, 0.05) is 60.8 Å². The number of fused-ring (bicyclic) bond motifs is 3. The van der Waals surface area contributed by atoms with Crippen molar-refractivity contribution >= 4 is 63.1 Å². The molecule has 206 valence electrons. The van der Waals surface area contributed by atoms with Crippen molar-refractivity contribution in [3.63, 3.8) is 0 Å². The normalized spacial score (nSPS) is 18.2. The smallest absolute Gasteiger partial charge is 0.161 e. The zero-order chi connectivity index (χ0) is 27.4. The van der Waals surface area contributed by atoms with Gasteiger partial charge in [-0.05, 0) is 69.1 Å². The summed E-state index contributed by atoms with van der Waals surface area (Å²) in [5.74, 6) is 1.49. The first-order valence-corrected chi connectivity index (χ1v) is 14.4. The maximum absolute atomic E-state index is 9.98. The Balaban J connectivity index is 0.000000169. The molecule has 1 atom stereocenters. The van der Waals surface area contributed by atoms with Gasteiger partial charge in [-0.15, -0.1) is 0 Å². The Morgan fingerprint density at radius 2 is 1.90 bits per heavy atom. The van der Waals surface area contributed by atoms with E-state index in [1.165, 1.54) is 29.8 Å². The van der Waals surface area contributed by atoms with Crippen molar-refractivity contribution in [2.24, 2.45) is 0 Å². The topological polar surface area (TPSA) is 92.8 Å². The van der Waals surface area contributed by atoms with Gasteiger partial charge < -0.3 is 29.9 Å². The van der Waals surface area contributed by atoms with Gasteiger partial charge in [0.05, 0.1) is 23.5 Å². The molecule has 4 heterocycles. The molecule has 6 rings (SSSR count). The van der Waals surface area contributed by atoms with Gasteiger partial charge in [0.15, 0.2) is 11.5 Å². The summed E-state index contributed by atoms with van der Waals surface area (Å²) >= 11 is 6.60. The standard InChI is InChI=1S/C16H19N5O2.C12H16N2S2/c1-20-3-5-21(6-4-20)16-14-10-7-13(23-2)12(22)8-11(10)19-15(14)17-9-18-16;1-10-3-2-8-14(10)16-12-6-4-11(5-7-12)13-9-15/h7-9,22H,3-6H2,1-2H3,(H,17,18,19);4-7,9-10H,2-3,8H2,1H3,(H,13,15). The number of anilines is 2. The second kappa shape index (κ2) is 12.4. The molecule has 1 unspecified atom stereocenters. The van der Waals surface area contributed by atoms with Crippen LogP contribution in [0.25, 0.3) is 21.9 Å². The molecule has 0 amide bonds. The van der Waals surface area contributed by atoms with Crippen molar-refractivity contribution in [3.8, 4) is 11.5 Å². The van der Waals surface area contributed by atoms with Crippen molar-refractivity contribution in [3.05, 3.63) is 42.7 Å². The largest absolute Gasteiger partial charge is 0.504 e. The number of benzene rings is 2. The molecular weight excluding hydrogens is 530 g/mol. The highest BCUT2D eigenvalue weighted by molar-refractivity contribution is 7.97. The first-order valence-electron chi connectivity index (χ1n) is 13.2. The first-order chi connectivity index (χ1) is 19.0. The maximum atomic E-state index is 9.98. The number of aromatic nitrogens is 3. The van der Waals surface area contributed by atoms with Crippen molar-refractivity contribution < 1.29 is 9.84 Å². The molecule has 11 heteroatoms. The predicted octanol–water partition coefficient (Wildman–Crippen LogP) is 5.12. The van der Waals surface area contributed by atoms with Gasteiger partial charge in [0.1, 0.15) is 17.8 Å². The third-order valence-corrected chi connectivity index (χ3v) is 8.64. The van der Waals surface area contributed by atoms with E-state index in [9.17, 15) is 5.11 Å². The summed E-state index contributed by atoms with van der Waals surface area (Å²) in [6.45, 7) is 7.39. The van der Waals surface area contributed by atoms with Crippen LogP contribution < -0.4 is 15.0 Å². The zero-order valence-electron chi connectivity index (χ0n) is 22.6. The number of rotatable bonds is 6. The van der Waals surface area contributed by atoms with Gasteiger partial charge in [0.25, 0.3) is 0 Å². The summed E-state index contributed by atoms with van der Waals surface area (Å²) < 4.78 is 7.71. The number of aromatic hydroxyl groups is 1. The average Bonchev–Trinajstić information content (AvgIpc) is 3.52. The van der Waals surface area contributed by atoms with E-state index in [0.717, 1.165) is 59.6 Å². The molecule has 2 fully saturated rings. The third-order valence-electron chi connectivity index (χ3n) is 7.27. The van der Waals surface area contributed by atoms with Crippen LogP contribution >= 0.6 is 24.2 Å². The summed E-state index contributed by atoms with van der Waals surface area (Å²) in [6, 6.07) is 12.6. The Morgan fingerprint density at radius 1 is 1.13 bits per heavy atom. The average molecular weight is 566 g/mol. The maximum Gasteiger partial charge on any atom is 0.161 e. The van der Waals surface area contributed by atoms with Crippen LogP contribution in [-0.2, 0) is 0 Å². The highest BCUT2D eigenvalue weighted by Gasteiger charge is 2.22. The van der Waals surface area contributed by atoms with Crippen LogP contribution in [0.2, 0.25) is 0 Å². The van der Waals surface area contributed by atoms with E-state index in [-0.39, 0.29) is 5.75 Å². The SMILES string of the molecule is CC1CCCN1Sc1ccc(NC=S)cc1.COc1cc2c(cc1O)[nH]c1ncnc(N3CCN(C)CC3)c12. The monoisotopic (exact) mass is 565 g/mol. The predicted molar refractivity (Wildman–Crippen MR) is 164 cm³/mol. The van der Waals surface area contributed by atoms with E-state index in [1.54, 1.807) is 19.5 Å². The molecule has 2 aromatic heterocycles. The third kappa shape index (κ3) is 6.22. The van der Waals surface area contributed by atoms with Crippen LogP contribution in [0.1, 0.15) is 19.8 Å². The summed E-state index contributed by atoms with van der Waals surface area (Å²) in [6.07, 6.45) is 4.22. The van der Waals surface area contributed by atoms with Crippen LogP contribution in [0.4, 0.5) is 11.5 Å². The van der Waals surface area contributed by atoms with E-state index in [4.69, 9.17) is 17.0 Å². The highest BCUT2D eigenvalue weighted by atomic mass is 32.2. The first kappa shape index (κ1) is 27.4. The van der Waals surface area contributed by atoms with E-state index in [1.807, 2.05) is 18.0 Å². The molecule has 0 saturated carbocycles. The number of piperazine rings is 1. The minimum Gasteiger partial charge on any atom is -0.504 e. The summed E-state index contributed by atoms with van der Waals surface area (Å²) in [5.41, 5.74) is 4.18. The lowest BCUT2D eigenvalue weighted by Gasteiger charge is -2.33. The molecule has 2 aromatic carbocycles. The van der Waals surface area contributed by atoms with Crippen molar-refractivity contribution in [2.75, 3.05) is 57.1 Å². The second-order valence-corrected chi connectivity index (χ2v) is 11.3. The molecule has 39 heavy (non-hydrogen) atoms. The van der Waals surface area contributed by atoms with E-state index in [2.05, 4.69) is 72.6 Å². The number of nitrogens with one attached hydrogen (secondary N) is 2. The second-order valence-electron chi connectivity index (χ2n) is 9.92. The Bertz CT molecular complexity index is 1420. The van der Waals surface area contributed by atoms with Crippen LogP contribution in [0.3, 0.4) is 0 Å². The molecule has 4 aromatic rings. The Kier molecular flexibility index (Phi) is 8.71. The molecule has 3 N–H and O–H groups in total. The number of thiocarbonyl (C=S) groups is 1. The number of aromatic amines is 1. The van der Waals surface area contributed by atoms with Gasteiger partial charge in [-0.2, -0.15) is 0 Å². The lowest BCUT2D eigenvalue weighted by molar-refractivity contribution is 0.312. The number of ether oxygens (including phenoxy) is 1. The highest BCUT2D eigenvalue weighted by Crippen LogP contribution is 2.37. The Morgan fingerprint density at radius 3 is 2.56 bits per heavy atom. The van der Waals surface area contributed by atoms with Crippen molar-refractivity contribution in [1.82, 2.24) is 24.2 Å². The molecule has 0 spiro atoms. The zero-order valence-corrected chi connectivity index (χ0v) is 24.2. The minimum absolute atomic E-state index is 0.112. The number of phenols is 1. The van der Waals surface area contributed by atoms with Gasteiger partial charge in [-0.3, -0.25) is 0 Å². The van der Waals surface area contributed by atoms with Crippen molar-refractivity contribution in [2.45, 2.75) is 30.7 Å². The van der Waals surface area contributed by atoms with E-state index >= 15 is 0 Å². The lowest BCUT2D eigenvalue weighted by Crippen LogP contribution is -2.44. The van der Waals surface area contributed by atoms with Crippen LogP contribution in [0.5, 0.6) is 11.5 Å². The molecule has 0 radical (unpaired) electrons. The fourth-order valence-electron chi connectivity index (χ4n) is 5.00. The Hall–Kier alpha value is -3.12. The molecule has 9 nitrogen and oxygen atoms in total. The lowest BCUT2D eigenvalue weighted by atomic mass is 10.1. The number of likely N-dealkylation sites (N-methyl/N-ethyl adjacent to an activating group) is 1. The summed E-state index contributed by atoms with van der Waals surface area (Å²) in [4.78, 5) is 18.0. The van der Waals surface area contributed by atoms with Gasteiger partial charge >= 0.3 is 0 Å². The van der Waals surface area contributed by atoms with Crippen LogP contribution in [0.15, 0.2) is 47.6 Å². The number of hydrogen-bond donors (Lipinski definition) is 3. The van der Waals surface area contributed by atoms with Crippen molar-refractivity contribution in [1.29, 1.82) is 0 Å².